The van der Waals surface area contributed by atoms with Crippen LogP contribution in [0.15, 0.2) is 30.5 Å². The van der Waals surface area contributed by atoms with Crippen LogP contribution >= 0.6 is 0 Å². The van der Waals surface area contributed by atoms with Crippen molar-refractivity contribution in [3.05, 3.63) is 30.5 Å². The molecule has 8 nitrogen and oxygen atoms in total. The Bertz CT molecular complexity index is 631. The molecule has 0 aliphatic carbocycles. The number of rotatable bonds is 7. The summed E-state index contributed by atoms with van der Waals surface area (Å²) in [4.78, 5) is 6.77. The highest BCUT2D eigenvalue weighted by atomic mass is 16.5. The lowest BCUT2D eigenvalue weighted by atomic mass is 10.3. The van der Waals surface area contributed by atoms with Crippen LogP contribution in [0.3, 0.4) is 0 Å². The van der Waals surface area contributed by atoms with Crippen molar-refractivity contribution in [1.29, 1.82) is 0 Å². The summed E-state index contributed by atoms with van der Waals surface area (Å²) >= 11 is 0. The minimum Gasteiger partial charge on any atom is -0.497 e. The van der Waals surface area contributed by atoms with Crippen molar-refractivity contribution in [2.24, 2.45) is 0 Å². The van der Waals surface area contributed by atoms with Crippen molar-refractivity contribution in [2.45, 2.75) is 0 Å². The predicted octanol–water partition coefficient (Wildman–Crippen LogP) is 1.37. The van der Waals surface area contributed by atoms with Gasteiger partial charge in [0.15, 0.2) is 5.82 Å². The lowest BCUT2D eigenvalue weighted by molar-refractivity contribution is 0.0398. The van der Waals surface area contributed by atoms with Gasteiger partial charge < -0.3 is 20.1 Å². The average Bonchev–Trinajstić information content (AvgIpc) is 2.64. The second kappa shape index (κ2) is 8.42. The van der Waals surface area contributed by atoms with E-state index >= 15 is 0 Å². The van der Waals surface area contributed by atoms with Crippen molar-refractivity contribution in [3.8, 4) is 5.75 Å². The van der Waals surface area contributed by atoms with Gasteiger partial charge in [0.2, 0.25) is 5.95 Å². The molecule has 1 saturated heterocycles. The minimum atomic E-state index is 0.516. The van der Waals surface area contributed by atoms with Crippen molar-refractivity contribution in [2.75, 3.05) is 57.1 Å². The Balaban J connectivity index is 1.51. The monoisotopic (exact) mass is 330 g/mol. The SMILES string of the molecule is COc1ccc(Nc2cnnc(NCCN3CCOCC3)n2)cc1. The third-order valence-corrected chi connectivity index (χ3v) is 3.74. The van der Waals surface area contributed by atoms with E-state index in [9.17, 15) is 0 Å². The highest BCUT2D eigenvalue weighted by molar-refractivity contribution is 5.57. The average molecular weight is 330 g/mol. The molecular weight excluding hydrogens is 308 g/mol. The van der Waals surface area contributed by atoms with E-state index in [1.807, 2.05) is 24.3 Å². The fourth-order valence-electron chi connectivity index (χ4n) is 2.41. The van der Waals surface area contributed by atoms with Gasteiger partial charge in [-0.25, -0.2) is 0 Å². The zero-order valence-electron chi connectivity index (χ0n) is 13.7. The summed E-state index contributed by atoms with van der Waals surface area (Å²) in [5.41, 5.74) is 0.913. The quantitative estimate of drug-likeness (QED) is 0.787. The van der Waals surface area contributed by atoms with Crippen LogP contribution in [0.4, 0.5) is 17.5 Å². The van der Waals surface area contributed by atoms with Gasteiger partial charge in [0.25, 0.3) is 0 Å². The number of ether oxygens (including phenoxy) is 2. The fraction of sp³-hybridized carbons (Fsp3) is 0.438. The molecule has 1 aromatic carbocycles. The molecule has 0 saturated carbocycles. The molecule has 128 valence electrons. The first kappa shape index (κ1) is 16.4. The van der Waals surface area contributed by atoms with Crippen LogP contribution in [0.5, 0.6) is 5.75 Å². The van der Waals surface area contributed by atoms with Gasteiger partial charge in [0, 0.05) is 31.9 Å². The van der Waals surface area contributed by atoms with E-state index in [1.165, 1.54) is 0 Å². The van der Waals surface area contributed by atoms with Crippen LogP contribution in [-0.2, 0) is 4.74 Å². The van der Waals surface area contributed by atoms with Crippen molar-refractivity contribution in [1.82, 2.24) is 20.1 Å². The molecule has 1 aliphatic rings. The van der Waals surface area contributed by atoms with E-state index < -0.39 is 0 Å². The molecule has 0 bridgehead atoms. The van der Waals surface area contributed by atoms with Crippen LogP contribution in [0.25, 0.3) is 0 Å². The molecule has 0 radical (unpaired) electrons. The predicted molar refractivity (Wildman–Crippen MR) is 91.9 cm³/mol. The largest absolute Gasteiger partial charge is 0.497 e. The third kappa shape index (κ3) is 4.77. The molecule has 1 aromatic heterocycles. The molecule has 0 atom stereocenters. The summed E-state index contributed by atoms with van der Waals surface area (Å²) in [5.74, 6) is 1.97. The van der Waals surface area contributed by atoms with E-state index in [-0.39, 0.29) is 0 Å². The summed E-state index contributed by atoms with van der Waals surface area (Å²) in [7, 11) is 1.64. The summed E-state index contributed by atoms with van der Waals surface area (Å²) < 4.78 is 10.5. The molecule has 0 unspecified atom stereocenters. The number of hydrogen-bond donors (Lipinski definition) is 2. The van der Waals surface area contributed by atoms with Gasteiger partial charge in [-0.3, -0.25) is 4.90 Å². The standard InChI is InChI=1S/C16H22N6O2/c1-23-14-4-2-13(3-5-14)19-15-12-18-21-16(20-15)17-6-7-22-8-10-24-11-9-22/h2-5,12H,6-11H2,1H3,(H2,17,19,20,21). The maximum Gasteiger partial charge on any atom is 0.244 e. The van der Waals surface area contributed by atoms with Crippen molar-refractivity contribution < 1.29 is 9.47 Å². The lowest BCUT2D eigenvalue weighted by Gasteiger charge is -2.26. The molecule has 2 N–H and O–H groups in total. The first-order valence-electron chi connectivity index (χ1n) is 7.98. The Kier molecular flexibility index (Phi) is 5.75. The molecule has 2 heterocycles. The Labute approximate surface area is 141 Å². The van der Waals surface area contributed by atoms with Gasteiger partial charge in [-0.2, -0.15) is 10.1 Å². The Morgan fingerprint density at radius 1 is 1.21 bits per heavy atom. The highest BCUT2D eigenvalue weighted by Gasteiger charge is 2.09. The molecule has 0 spiro atoms. The number of hydrogen-bond acceptors (Lipinski definition) is 8. The smallest absolute Gasteiger partial charge is 0.244 e. The molecule has 1 fully saturated rings. The van der Waals surface area contributed by atoms with E-state index in [2.05, 4.69) is 30.7 Å². The molecule has 1 aliphatic heterocycles. The highest BCUT2D eigenvalue weighted by Crippen LogP contribution is 2.18. The molecule has 24 heavy (non-hydrogen) atoms. The number of benzene rings is 1. The summed E-state index contributed by atoms with van der Waals surface area (Å²) in [5, 5.41) is 14.4. The Morgan fingerprint density at radius 3 is 2.75 bits per heavy atom. The third-order valence-electron chi connectivity index (χ3n) is 3.74. The second-order valence-electron chi connectivity index (χ2n) is 5.40. The first-order valence-corrected chi connectivity index (χ1v) is 7.98. The number of aromatic nitrogens is 3. The van der Waals surface area contributed by atoms with E-state index in [1.54, 1.807) is 13.3 Å². The van der Waals surface area contributed by atoms with E-state index in [0.717, 1.165) is 50.8 Å². The number of methoxy groups -OCH3 is 1. The molecule has 8 heteroatoms. The maximum atomic E-state index is 5.34. The van der Waals surface area contributed by atoms with Crippen LogP contribution in [0.1, 0.15) is 0 Å². The maximum absolute atomic E-state index is 5.34. The molecule has 2 aromatic rings. The topological polar surface area (TPSA) is 84.4 Å². The van der Waals surface area contributed by atoms with Crippen molar-refractivity contribution in [3.63, 3.8) is 0 Å². The molecule has 0 amide bonds. The minimum absolute atomic E-state index is 0.516. The fourth-order valence-corrected chi connectivity index (χ4v) is 2.41. The zero-order valence-corrected chi connectivity index (χ0v) is 13.7. The van der Waals surface area contributed by atoms with Crippen LogP contribution in [0, 0.1) is 0 Å². The van der Waals surface area contributed by atoms with Gasteiger partial charge in [-0.15, -0.1) is 5.10 Å². The van der Waals surface area contributed by atoms with Gasteiger partial charge >= 0.3 is 0 Å². The first-order chi connectivity index (χ1) is 11.8. The van der Waals surface area contributed by atoms with Gasteiger partial charge in [0.1, 0.15) is 5.75 Å². The summed E-state index contributed by atoms with van der Waals surface area (Å²) in [6, 6.07) is 7.62. The van der Waals surface area contributed by atoms with Gasteiger partial charge in [-0.05, 0) is 24.3 Å². The van der Waals surface area contributed by atoms with E-state index in [4.69, 9.17) is 9.47 Å². The van der Waals surface area contributed by atoms with Crippen LogP contribution in [-0.4, -0.2) is 66.6 Å². The number of anilines is 3. The number of nitrogens with zero attached hydrogens (tertiary/aromatic N) is 4. The van der Waals surface area contributed by atoms with Gasteiger partial charge in [0.05, 0.1) is 26.5 Å². The van der Waals surface area contributed by atoms with Crippen LogP contribution < -0.4 is 15.4 Å². The second-order valence-corrected chi connectivity index (χ2v) is 5.40. The summed E-state index contributed by atoms with van der Waals surface area (Å²) in [6.07, 6.45) is 1.59. The van der Waals surface area contributed by atoms with Crippen LogP contribution in [0.2, 0.25) is 0 Å². The number of nitrogens with one attached hydrogen (secondary N) is 2. The number of morpholine rings is 1. The zero-order chi connectivity index (χ0) is 16.6. The summed E-state index contributed by atoms with van der Waals surface area (Å²) in [6.45, 7) is 5.26. The normalized spacial score (nSPS) is 15.0. The molecular formula is C16H22N6O2. The molecule has 3 rings (SSSR count). The van der Waals surface area contributed by atoms with E-state index in [0.29, 0.717) is 11.8 Å². The Hall–Kier alpha value is -2.45. The van der Waals surface area contributed by atoms with Gasteiger partial charge in [-0.1, -0.05) is 0 Å². The van der Waals surface area contributed by atoms with Crippen molar-refractivity contribution >= 4 is 17.5 Å². The Morgan fingerprint density at radius 2 is 2.00 bits per heavy atom. The lowest BCUT2D eigenvalue weighted by Crippen LogP contribution is -2.39.